The normalized spacial score (nSPS) is 24.8. The van der Waals surface area contributed by atoms with Gasteiger partial charge in [0, 0.05) is 6.54 Å². The maximum absolute atomic E-state index is 13.0. The van der Waals surface area contributed by atoms with Crippen molar-refractivity contribution in [2.45, 2.75) is 76.7 Å². The van der Waals surface area contributed by atoms with Gasteiger partial charge in [0.1, 0.15) is 18.1 Å². The van der Waals surface area contributed by atoms with Crippen LogP contribution in [0.2, 0.25) is 0 Å². The first-order valence-corrected chi connectivity index (χ1v) is 10.2. The first kappa shape index (κ1) is 23.1. The minimum atomic E-state index is -1.17. The van der Waals surface area contributed by atoms with Crippen molar-refractivity contribution in [3.05, 3.63) is 0 Å². The monoisotopic (exact) mass is 412 g/mol. The van der Waals surface area contributed by atoms with Crippen molar-refractivity contribution in [3.63, 3.8) is 0 Å². The predicted octanol–water partition coefficient (Wildman–Crippen LogP) is -1.18. The summed E-state index contributed by atoms with van der Waals surface area (Å²) in [6.45, 7) is 5.81. The molecule has 5 atom stereocenters. The van der Waals surface area contributed by atoms with E-state index in [0.717, 1.165) is 13.0 Å². The lowest BCUT2D eigenvalue weighted by Crippen LogP contribution is -2.59. The molecule has 10 heteroatoms. The van der Waals surface area contributed by atoms with Gasteiger partial charge in [-0.3, -0.25) is 14.4 Å². The fourth-order valence-corrected chi connectivity index (χ4v) is 3.80. The molecule has 0 saturated carbocycles. The first-order valence-electron chi connectivity index (χ1n) is 10.2. The number of likely N-dealkylation sites (tertiary alicyclic amines) is 1. The quantitative estimate of drug-likeness (QED) is 0.337. The van der Waals surface area contributed by atoms with Gasteiger partial charge in [-0.15, -0.1) is 0 Å². The summed E-state index contributed by atoms with van der Waals surface area (Å²) < 4.78 is 0. The van der Waals surface area contributed by atoms with E-state index in [-0.39, 0.29) is 11.8 Å². The molecule has 0 spiro atoms. The van der Waals surface area contributed by atoms with Crippen LogP contribution in [0.25, 0.3) is 0 Å². The van der Waals surface area contributed by atoms with Crippen molar-refractivity contribution in [1.29, 1.82) is 0 Å². The Hall–Kier alpha value is -2.20. The number of nitrogens with one attached hydrogen (secondary N) is 3. The van der Waals surface area contributed by atoms with Crippen molar-refractivity contribution in [2.75, 3.05) is 13.1 Å². The fraction of sp³-hybridized carbons (Fsp3) is 0.789. The van der Waals surface area contributed by atoms with E-state index in [1.165, 1.54) is 11.8 Å². The lowest BCUT2D eigenvalue weighted by Gasteiger charge is -2.31. The summed E-state index contributed by atoms with van der Waals surface area (Å²) in [5.41, 5.74) is 0. The van der Waals surface area contributed by atoms with E-state index in [1.807, 2.05) is 0 Å². The first-order chi connectivity index (χ1) is 13.6. The Morgan fingerprint density at radius 2 is 1.66 bits per heavy atom. The predicted molar refractivity (Wildman–Crippen MR) is 104 cm³/mol. The Balaban J connectivity index is 2.08. The van der Waals surface area contributed by atoms with E-state index in [2.05, 4.69) is 16.0 Å². The number of nitrogens with zero attached hydrogens (tertiary/aromatic N) is 1. The second-order valence-electron chi connectivity index (χ2n) is 8.13. The van der Waals surface area contributed by atoms with E-state index in [1.54, 1.807) is 13.8 Å². The number of carbonyl (C=O) groups excluding carboxylic acids is 3. The Morgan fingerprint density at radius 1 is 1.00 bits per heavy atom. The number of aliphatic carboxylic acids is 1. The molecular formula is C19H32N4O6. The molecule has 3 amide bonds. The largest absolute Gasteiger partial charge is 0.480 e. The van der Waals surface area contributed by atoms with E-state index < -0.39 is 48.1 Å². The molecule has 0 aromatic heterocycles. The summed E-state index contributed by atoms with van der Waals surface area (Å²) in [5, 5.41) is 27.5. The summed E-state index contributed by atoms with van der Waals surface area (Å²) in [6, 6.07) is -3.45. The van der Waals surface area contributed by atoms with Gasteiger partial charge >= 0.3 is 5.97 Å². The summed E-state index contributed by atoms with van der Waals surface area (Å²) in [5.74, 6) is -2.88. The zero-order chi connectivity index (χ0) is 21.7. The third-order valence-corrected chi connectivity index (χ3v) is 5.49. The number of aliphatic hydroxyl groups is 1. The minimum absolute atomic E-state index is 0.303. The van der Waals surface area contributed by atoms with Crippen LogP contribution in [0, 0.1) is 5.92 Å². The topological polar surface area (TPSA) is 148 Å². The van der Waals surface area contributed by atoms with Crippen molar-refractivity contribution in [2.24, 2.45) is 5.92 Å². The van der Waals surface area contributed by atoms with Crippen LogP contribution in [0.15, 0.2) is 0 Å². The van der Waals surface area contributed by atoms with Gasteiger partial charge < -0.3 is 31.1 Å². The van der Waals surface area contributed by atoms with Gasteiger partial charge in [0.2, 0.25) is 17.7 Å². The van der Waals surface area contributed by atoms with Crippen LogP contribution in [-0.2, 0) is 19.2 Å². The fourth-order valence-electron chi connectivity index (χ4n) is 3.80. The smallest absolute Gasteiger partial charge is 0.326 e. The molecule has 0 radical (unpaired) electrons. The van der Waals surface area contributed by atoms with Crippen LogP contribution in [-0.4, -0.2) is 82.2 Å². The van der Waals surface area contributed by atoms with Gasteiger partial charge in [-0.05, 0) is 45.1 Å². The highest BCUT2D eigenvalue weighted by atomic mass is 16.4. The lowest BCUT2D eigenvalue weighted by atomic mass is 10.0. The molecule has 2 rings (SSSR count). The number of carboxylic acid groups (broad SMARTS) is 1. The van der Waals surface area contributed by atoms with Crippen molar-refractivity contribution < 1.29 is 29.4 Å². The van der Waals surface area contributed by atoms with Crippen LogP contribution in [0.3, 0.4) is 0 Å². The number of aliphatic hydroxyl groups excluding tert-OH is 1. The van der Waals surface area contributed by atoms with Crippen LogP contribution in [0.1, 0.15) is 46.5 Å². The average molecular weight is 412 g/mol. The number of rotatable bonds is 8. The second-order valence-corrected chi connectivity index (χ2v) is 8.13. The Kier molecular flexibility index (Phi) is 7.97. The SMILES string of the molecule is CC(C)C(NC(=O)C1CCCN1C(=O)C(NC(=O)C1CCCN1)C(C)O)C(=O)O. The molecule has 5 N–H and O–H groups in total. The summed E-state index contributed by atoms with van der Waals surface area (Å²) in [7, 11) is 0. The van der Waals surface area contributed by atoms with E-state index in [4.69, 9.17) is 0 Å². The zero-order valence-corrected chi connectivity index (χ0v) is 17.2. The van der Waals surface area contributed by atoms with Crippen molar-refractivity contribution in [1.82, 2.24) is 20.9 Å². The van der Waals surface area contributed by atoms with Crippen LogP contribution < -0.4 is 16.0 Å². The van der Waals surface area contributed by atoms with Crippen LogP contribution in [0.5, 0.6) is 0 Å². The average Bonchev–Trinajstić information content (AvgIpc) is 3.33. The molecule has 0 bridgehead atoms. The van der Waals surface area contributed by atoms with Gasteiger partial charge in [-0.2, -0.15) is 0 Å². The van der Waals surface area contributed by atoms with Crippen LogP contribution >= 0.6 is 0 Å². The number of carboxylic acids is 1. The minimum Gasteiger partial charge on any atom is -0.480 e. The Labute approximate surface area is 170 Å². The Morgan fingerprint density at radius 3 is 2.17 bits per heavy atom. The number of amides is 3. The molecule has 2 saturated heterocycles. The summed E-state index contributed by atoms with van der Waals surface area (Å²) in [4.78, 5) is 50.8. The zero-order valence-electron chi connectivity index (χ0n) is 17.2. The number of hydrogen-bond acceptors (Lipinski definition) is 6. The van der Waals surface area contributed by atoms with Gasteiger partial charge in [-0.1, -0.05) is 13.8 Å². The molecule has 5 unspecified atom stereocenters. The number of carbonyl (C=O) groups is 4. The van der Waals surface area contributed by atoms with Crippen molar-refractivity contribution in [3.8, 4) is 0 Å². The highest BCUT2D eigenvalue weighted by Gasteiger charge is 2.41. The van der Waals surface area contributed by atoms with Crippen molar-refractivity contribution >= 4 is 23.7 Å². The third-order valence-electron chi connectivity index (χ3n) is 5.49. The number of hydrogen-bond donors (Lipinski definition) is 5. The molecule has 164 valence electrons. The van der Waals surface area contributed by atoms with Gasteiger partial charge in [0.05, 0.1) is 12.1 Å². The molecule has 2 fully saturated rings. The highest BCUT2D eigenvalue weighted by Crippen LogP contribution is 2.20. The van der Waals surface area contributed by atoms with E-state index in [0.29, 0.717) is 25.8 Å². The molecule has 0 aromatic carbocycles. The standard InChI is InChI=1S/C19H32N4O6/c1-10(2)14(19(28)29)21-17(26)13-7-5-9-23(13)18(27)15(11(3)24)22-16(25)12-6-4-8-20-12/h10-15,20,24H,4-9H2,1-3H3,(H,21,26)(H,22,25)(H,28,29). The third kappa shape index (κ3) is 5.66. The Bertz CT molecular complexity index is 632. The second kappa shape index (κ2) is 10.0. The van der Waals surface area contributed by atoms with E-state index >= 15 is 0 Å². The summed E-state index contributed by atoms with van der Waals surface area (Å²) >= 11 is 0. The van der Waals surface area contributed by atoms with Gasteiger partial charge in [0.15, 0.2) is 0 Å². The maximum atomic E-state index is 13.0. The molecule has 2 aliphatic rings. The van der Waals surface area contributed by atoms with Crippen LogP contribution in [0.4, 0.5) is 0 Å². The molecule has 2 aliphatic heterocycles. The molecule has 10 nitrogen and oxygen atoms in total. The lowest BCUT2D eigenvalue weighted by molar-refractivity contribution is -0.146. The highest BCUT2D eigenvalue weighted by molar-refractivity contribution is 5.94. The maximum Gasteiger partial charge on any atom is 0.326 e. The van der Waals surface area contributed by atoms with E-state index in [9.17, 15) is 29.4 Å². The van der Waals surface area contributed by atoms with Gasteiger partial charge in [-0.25, -0.2) is 4.79 Å². The molecule has 2 heterocycles. The summed E-state index contributed by atoms with van der Waals surface area (Å²) in [6.07, 6.45) is 1.35. The molecule has 0 aliphatic carbocycles. The molecule has 0 aromatic rings. The molecular weight excluding hydrogens is 380 g/mol. The van der Waals surface area contributed by atoms with Gasteiger partial charge in [0.25, 0.3) is 0 Å². The molecule has 29 heavy (non-hydrogen) atoms.